The predicted octanol–water partition coefficient (Wildman–Crippen LogP) is 4.97. The second-order valence-electron chi connectivity index (χ2n) is 8.26. The topological polar surface area (TPSA) is 99.3 Å². The van der Waals surface area contributed by atoms with E-state index < -0.39 is 5.82 Å². The van der Waals surface area contributed by atoms with E-state index in [9.17, 15) is 4.39 Å². The number of fused-ring (bicyclic) bond motifs is 2. The Hall–Kier alpha value is -4.73. The number of nitrogens with one attached hydrogen (secondary N) is 2. The van der Waals surface area contributed by atoms with Crippen LogP contribution in [0.5, 0.6) is 0 Å². The Morgan fingerprint density at radius 3 is 2.49 bits per heavy atom. The molecule has 6 rings (SSSR count). The molecule has 0 aliphatic rings. The smallest absolute Gasteiger partial charge is 0.161 e. The third-order valence-electron chi connectivity index (χ3n) is 5.84. The largest absolute Gasteiger partial charge is 0.376 e. The highest BCUT2D eigenvalue weighted by molar-refractivity contribution is 5.96. The van der Waals surface area contributed by atoms with Gasteiger partial charge in [0.25, 0.3) is 0 Å². The molecule has 0 unspecified atom stereocenters. The SMILES string of the molecule is CN(C)c1cncc(-c2cnc3[nH]nc(-c4nc5c(-c6ccc(F)cc6)ccnc5[nH]4)c3c2F)c1. The monoisotopic (exact) mass is 468 g/mol. The minimum Gasteiger partial charge on any atom is -0.376 e. The molecular weight excluding hydrogens is 450 g/mol. The fraction of sp³-hybridized carbons (Fsp3) is 0.0800. The molecule has 0 bridgehead atoms. The number of H-pyrrole nitrogens is 2. The second kappa shape index (κ2) is 7.94. The van der Waals surface area contributed by atoms with E-state index in [1.165, 1.54) is 18.3 Å². The number of hydrogen-bond acceptors (Lipinski definition) is 6. The minimum atomic E-state index is -0.483. The van der Waals surface area contributed by atoms with E-state index >= 15 is 4.39 Å². The molecule has 2 N–H and O–H groups in total. The highest BCUT2D eigenvalue weighted by Gasteiger charge is 2.21. The van der Waals surface area contributed by atoms with Crippen LogP contribution in [0, 0.1) is 11.6 Å². The van der Waals surface area contributed by atoms with Crippen LogP contribution in [-0.4, -0.2) is 49.2 Å². The average molecular weight is 468 g/mol. The highest BCUT2D eigenvalue weighted by Crippen LogP contribution is 2.34. The molecule has 0 fully saturated rings. The van der Waals surface area contributed by atoms with Gasteiger partial charge in [0, 0.05) is 49.4 Å². The first-order valence-corrected chi connectivity index (χ1v) is 10.8. The van der Waals surface area contributed by atoms with Crippen molar-refractivity contribution in [3.05, 3.63) is 72.8 Å². The summed E-state index contributed by atoms with van der Waals surface area (Å²) in [6.45, 7) is 0. The standard InChI is InChI=1S/C25H18F2N8/c1-35(2)16-9-14(10-28-11-16)18-12-30-23-19(20(18)27)22(33-34-23)25-31-21-17(7-8-29-24(21)32-25)13-3-5-15(26)6-4-13/h3-12H,1-2H3,(H,29,31,32)(H,30,33,34). The summed E-state index contributed by atoms with van der Waals surface area (Å²) in [4.78, 5) is 22.7. The summed E-state index contributed by atoms with van der Waals surface area (Å²) in [7, 11) is 3.78. The molecule has 0 spiro atoms. The number of anilines is 1. The molecule has 1 aromatic carbocycles. The van der Waals surface area contributed by atoms with E-state index in [4.69, 9.17) is 0 Å². The van der Waals surface area contributed by atoms with Gasteiger partial charge < -0.3 is 9.88 Å². The molecule has 0 aliphatic carbocycles. The lowest BCUT2D eigenvalue weighted by atomic mass is 10.1. The van der Waals surface area contributed by atoms with Gasteiger partial charge in [0.2, 0.25) is 0 Å². The molecule has 0 aliphatic heterocycles. The van der Waals surface area contributed by atoms with Gasteiger partial charge in [-0.3, -0.25) is 10.1 Å². The first-order chi connectivity index (χ1) is 17.0. The zero-order valence-corrected chi connectivity index (χ0v) is 18.7. The molecule has 172 valence electrons. The fourth-order valence-electron chi connectivity index (χ4n) is 4.03. The van der Waals surface area contributed by atoms with Crippen molar-refractivity contribution in [2.45, 2.75) is 0 Å². The first kappa shape index (κ1) is 20.8. The van der Waals surface area contributed by atoms with Crippen molar-refractivity contribution >= 4 is 27.9 Å². The molecular formula is C25H18F2N8. The van der Waals surface area contributed by atoms with Crippen molar-refractivity contribution in [3.8, 4) is 33.8 Å². The first-order valence-electron chi connectivity index (χ1n) is 10.8. The molecule has 0 atom stereocenters. The van der Waals surface area contributed by atoms with Crippen LogP contribution in [0.1, 0.15) is 0 Å². The Balaban J connectivity index is 1.51. The van der Waals surface area contributed by atoms with E-state index in [2.05, 4.69) is 35.1 Å². The molecule has 5 aromatic heterocycles. The Morgan fingerprint density at radius 1 is 0.857 bits per heavy atom. The van der Waals surface area contributed by atoms with Crippen LogP contribution in [0.4, 0.5) is 14.5 Å². The van der Waals surface area contributed by atoms with Crippen LogP contribution in [-0.2, 0) is 0 Å². The number of halogens is 2. The number of imidazole rings is 1. The van der Waals surface area contributed by atoms with Gasteiger partial charge >= 0.3 is 0 Å². The fourth-order valence-corrected chi connectivity index (χ4v) is 4.03. The molecule has 8 nitrogen and oxygen atoms in total. The average Bonchev–Trinajstić information content (AvgIpc) is 3.49. The summed E-state index contributed by atoms with van der Waals surface area (Å²) in [6, 6.07) is 9.77. The summed E-state index contributed by atoms with van der Waals surface area (Å²) >= 11 is 0. The molecule has 10 heteroatoms. The van der Waals surface area contributed by atoms with Crippen molar-refractivity contribution in [3.63, 3.8) is 0 Å². The lowest BCUT2D eigenvalue weighted by molar-refractivity contribution is 0.628. The van der Waals surface area contributed by atoms with Crippen LogP contribution in [0.15, 0.2) is 61.2 Å². The maximum absolute atomic E-state index is 15.9. The molecule has 5 heterocycles. The van der Waals surface area contributed by atoms with Crippen molar-refractivity contribution in [1.29, 1.82) is 0 Å². The summed E-state index contributed by atoms with van der Waals surface area (Å²) in [5, 5.41) is 7.29. The molecule has 0 saturated heterocycles. The van der Waals surface area contributed by atoms with E-state index in [0.29, 0.717) is 33.8 Å². The van der Waals surface area contributed by atoms with Crippen molar-refractivity contribution in [2.75, 3.05) is 19.0 Å². The Kier molecular flexibility index (Phi) is 4.73. The van der Waals surface area contributed by atoms with Gasteiger partial charge in [-0.15, -0.1) is 0 Å². The van der Waals surface area contributed by atoms with Crippen molar-refractivity contribution < 1.29 is 8.78 Å². The van der Waals surface area contributed by atoms with E-state index in [1.54, 1.807) is 36.8 Å². The van der Waals surface area contributed by atoms with Gasteiger partial charge in [0.15, 0.2) is 17.1 Å². The maximum atomic E-state index is 15.9. The zero-order chi connectivity index (χ0) is 24.1. The predicted molar refractivity (Wildman–Crippen MR) is 130 cm³/mol. The lowest BCUT2D eigenvalue weighted by Crippen LogP contribution is -2.08. The summed E-state index contributed by atoms with van der Waals surface area (Å²) < 4.78 is 29.3. The molecule has 0 saturated carbocycles. The van der Waals surface area contributed by atoms with Crippen molar-refractivity contribution in [1.82, 2.24) is 35.1 Å². The van der Waals surface area contributed by atoms with E-state index in [1.807, 2.05) is 25.1 Å². The zero-order valence-electron chi connectivity index (χ0n) is 18.7. The molecule has 35 heavy (non-hydrogen) atoms. The van der Waals surface area contributed by atoms with Gasteiger partial charge in [-0.05, 0) is 29.8 Å². The minimum absolute atomic E-state index is 0.208. The quantitative estimate of drug-likeness (QED) is 0.379. The number of pyridine rings is 3. The van der Waals surface area contributed by atoms with Gasteiger partial charge in [0.05, 0.1) is 17.3 Å². The second-order valence-corrected chi connectivity index (χ2v) is 8.26. The van der Waals surface area contributed by atoms with Crippen LogP contribution >= 0.6 is 0 Å². The lowest BCUT2D eigenvalue weighted by Gasteiger charge is -2.13. The van der Waals surface area contributed by atoms with Crippen LogP contribution in [0.25, 0.3) is 56.0 Å². The Bertz CT molecular complexity index is 1700. The maximum Gasteiger partial charge on any atom is 0.161 e. The van der Waals surface area contributed by atoms with Gasteiger partial charge in [0.1, 0.15) is 22.8 Å². The van der Waals surface area contributed by atoms with Crippen LogP contribution in [0.2, 0.25) is 0 Å². The van der Waals surface area contributed by atoms with Crippen LogP contribution < -0.4 is 4.90 Å². The number of rotatable bonds is 4. The molecule has 0 amide bonds. The van der Waals surface area contributed by atoms with E-state index in [0.717, 1.165) is 16.8 Å². The number of aromatic amines is 2. The van der Waals surface area contributed by atoms with Gasteiger partial charge in [-0.2, -0.15) is 5.10 Å². The summed E-state index contributed by atoms with van der Waals surface area (Å²) in [5.41, 5.74) is 4.94. The number of nitrogens with zero attached hydrogens (tertiary/aromatic N) is 6. The third-order valence-corrected chi connectivity index (χ3v) is 5.84. The summed E-state index contributed by atoms with van der Waals surface area (Å²) in [6.07, 6.45) is 6.40. The Morgan fingerprint density at radius 2 is 1.69 bits per heavy atom. The van der Waals surface area contributed by atoms with Crippen LogP contribution in [0.3, 0.4) is 0 Å². The van der Waals surface area contributed by atoms with E-state index in [-0.39, 0.29) is 16.9 Å². The molecule has 0 radical (unpaired) electrons. The number of hydrogen-bond donors (Lipinski definition) is 2. The van der Waals surface area contributed by atoms with Gasteiger partial charge in [-0.25, -0.2) is 23.7 Å². The normalized spacial score (nSPS) is 11.4. The Labute approximate surface area is 197 Å². The third kappa shape index (κ3) is 3.46. The molecule has 6 aromatic rings. The van der Waals surface area contributed by atoms with Gasteiger partial charge in [-0.1, -0.05) is 12.1 Å². The highest BCUT2D eigenvalue weighted by atomic mass is 19.1. The summed E-state index contributed by atoms with van der Waals surface area (Å²) in [5.74, 6) is -0.468. The number of aromatic nitrogens is 7. The number of benzene rings is 1. The van der Waals surface area contributed by atoms with Crippen molar-refractivity contribution in [2.24, 2.45) is 0 Å².